The van der Waals surface area contributed by atoms with Crippen molar-refractivity contribution in [2.75, 3.05) is 46.7 Å². The molecule has 0 saturated heterocycles. The van der Waals surface area contributed by atoms with Crippen molar-refractivity contribution in [2.45, 2.75) is 63.7 Å². The molecule has 0 bridgehead atoms. The van der Waals surface area contributed by atoms with Crippen molar-refractivity contribution in [3.05, 3.63) is 34.2 Å². The van der Waals surface area contributed by atoms with Crippen molar-refractivity contribution in [2.24, 2.45) is 5.92 Å². The quantitative estimate of drug-likeness (QED) is 0.430. The fraction of sp³-hybridized carbons (Fsp3) is 0.720. The smallest absolute Gasteiger partial charge is 0.288 e. The highest BCUT2D eigenvalue weighted by atomic mass is 32.1. The summed E-state index contributed by atoms with van der Waals surface area (Å²) in [6.45, 7) is 4.26. The Balaban J connectivity index is 1.71. The number of nitrogens with zero attached hydrogens (tertiary/aromatic N) is 1. The van der Waals surface area contributed by atoms with E-state index < -0.39 is 6.29 Å². The average Bonchev–Trinajstić information content (AvgIpc) is 3.38. The van der Waals surface area contributed by atoms with E-state index in [1.807, 2.05) is 24.9 Å². The highest BCUT2D eigenvalue weighted by Crippen LogP contribution is 2.40. The molecule has 0 aromatic carbocycles. The van der Waals surface area contributed by atoms with Gasteiger partial charge in [-0.3, -0.25) is 4.79 Å². The summed E-state index contributed by atoms with van der Waals surface area (Å²) >= 11 is 1.65. The van der Waals surface area contributed by atoms with Crippen LogP contribution in [0.15, 0.2) is 28.7 Å². The molecule has 3 rings (SSSR count). The topological polar surface area (TPSA) is 77.5 Å². The van der Waals surface area contributed by atoms with Crippen LogP contribution < -0.4 is 0 Å². The maximum Gasteiger partial charge on any atom is 0.288 e. The van der Waals surface area contributed by atoms with E-state index in [9.17, 15) is 4.79 Å². The molecule has 1 saturated carbocycles. The Hall–Kier alpha value is -1.45. The Bertz CT molecular complexity index is 718. The van der Waals surface area contributed by atoms with Crippen molar-refractivity contribution in [1.29, 1.82) is 0 Å². The Morgan fingerprint density at radius 2 is 1.94 bits per heavy atom. The van der Waals surface area contributed by atoms with E-state index in [0.717, 1.165) is 19.3 Å². The second-order valence-corrected chi connectivity index (χ2v) is 9.44. The first-order valence-corrected chi connectivity index (χ1v) is 13.2. The average molecular weight is 482 g/mol. The molecule has 2 aliphatic rings. The number of rotatable bonds is 13. The van der Waals surface area contributed by atoms with E-state index in [1.165, 1.54) is 24.8 Å². The first-order chi connectivity index (χ1) is 16.2. The molecule has 8 heteroatoms. The number of allylic oxidation sites excluding steroid dienone is 1. The number of ether oxygens (including phenoxy) is 4. The summed E-state index contributed by atoms with van der Waals surface area (Å²) < 4.78 is 23.2. The predicted molar refractivity (Wildman–Crippen MR) is 128 cm³/mol. The minimum Gasteiger partial charge on any atom is -0.459 e. The molecule has 33 heavy (non-hydrogen) atoms. The lowest BCUT2D eigenvalue weighted by atomic mass is 9.82. The second-order valence-electron chi connectivity index (χ2n) is 8.66. The van der Waals surface area contributed by atoms with Crippen molar-refractivity contribution in [3.8, 4) is 0 Å². The summed E-state index contributed by atoms with van der Waals surface area (Å²) in [5.74, 6) is 0.402. The van der Waals surface area contributed by atoms with Gasteiger partial charge in [0.05, 0.1) is 26.4 Å². The highest BCUT2D eigenvalue weighted by molar-refractivity contribution is 7.08. The van der Waals surface area contributed by atoms with Crippen LogP contribution in [0.4, 0.5) is 0 Å². The van der Waals surface area contributed by atoms with Crippen LogP contribution in [0.25, 0.3) is 0 Å². The van der Waals surface area contributed by atoms with Gasteiger partial charge in [0, 0.05) is 38.1 Å². The molecule has 1 aromatic heterocycles. The maximum atomic E-state index is 13.4. The Morgan fingerprint density at radius 1 is 1.18 bits per heavy atom. The van der Waals surface area contributed by atoms with E-state index in [0.29, 0.717) is 38.8 Å². The number of carbonyl (C=O) groups excluding carboxylic acids is 1. The Kier molecular flexibility index (Phi) is 11.1. The molecular formula is C25H39NO6S. The first-order valence-electron chi connectivity index (χ1n) is 12.2. The van der Waals surface area contributed by atoms with Gasteiger partial charge in [-0.2, -0.15) is 11.3 Å². The summed E-state index contributed by atoms with van der Waals surface area (Å²) in [5, 5.41) is 13.0. The summed E-state index contributed by atoms with van der Waals surface area (Å²) in [6.07, 6.45) is 7.94. The molecule has 7 nitrogen and oxygen atoms in total. The fourth-order valence-electron chi connectivity index (χ4n) is 4.69. The van der Waals surface area contributed by atoms with E-state index in [-0.39, 0.29) is 30.4 Å². The zero-order chi connectivity index (χ0) is 23.5. The van der Waals surface area contributed by atoms with Crippen LogP contribution in [-0.4, -0.2) is 74.9 Å². The summed E-state index contributed by atoms with van der Waals surface area (Å²) in [6, 6.07) is 2.39. The Labute approximate surface area is 201 Å². The minimum absolute atomic E-state index is 0.0150. The largest absolute Gasteiger partial charge is 0.459 e. The standard InChI is InChI=1S/C25H39NO6S/c1-3-31-25-21(9-12-29-14-15-30-13-11-27)22(19-10-16-33-18-19)17-23(32-25)24(28)26(2)20-7-5-4-6-8-20/h10,16-18,20-22,25,27H,3-9,11-15H2,1-2H3/t21-,22-,25-/m0/s1. The number of aliphatic hydroxyl groups excluding tert-OH is 1. The number of carbonyl (C=O) groups is 1. The summed E-state index contributed by atoms with van der Waals surface area (Å²) in [5.41, 5.74) is 1.18. The normalized spacial score (nSPS) is 23.7. The maximum absolute atomic E-state index is 13.4. The van der Waals surface area contributed by atoms with Gasteiger partial charge in [0.25, 0.3) is 5.91 Å². The van der Waals surface area contributed by atoms with Crippen LogP contribution in [-0.2, 0) is 23.7 Å². The van der Waals surface area contributed by atoms with Gasteiger partial charge in [-0.25, -0.2) is 0 Å². The van der Waals surface area contributed by atoms with Crippen LogP contribution in [0.2, 0.25) is 0 Å². The van der Waals surface area contributed by atoms with Gasteiger partial charge in [0.2, 0.25) is 6.29 Å². The van der Waals surface area contributed by atoms with E-state index in [1.54, 1.807) is 11.3 Å². The molecule has 0 unspecified atom stereocenters. The van der Waals surface area contributed by atoms with E-state index in [4.69, 9.17) is 24.1 Å². The second kappa shape index (κ2) is 14.1. The minimum atomic E-state index is -0.502. The molecule has 186 valence electrons. The van der Waals surface area contributed by atoms with Crippen LogP contribution in [0.3, 0.4) is 0 Å². The lowest BCUT2D eigenvalue weighted by Crippen LogP contribution is -2.43. The third-order valence-corrected chi connectivity index (χ3v) is 7.20. The van der Waals surface area contributed by atoms with Gasteiger partial charge >= 0.3 is 0 Å². The number of amides is 1. The van der Waals surface area contributed by atoms with Crippen LogP contribution in [0.1, 0.15) is 56.9 Å². The van der Waals surface area contributed by atoms with Gasteiger partial charge in [0.1, 0.15) is 0 Å². The summed E-state index contributed by atoms with van der Waals surface area (Å²) in [7, 11) is 1.90. The fourth-order valence-corrected chi connectivity index (χ4v) is 5.40. The van der Waals surface area contributed by atoms with Crippen molar-refractivity contribution >= 4 is 17.2 Å². The van der Waals surface area contributed by atoms with Gasteiger partial charge in [-0.05, 0) is 54.7 Å². The third kappa shape index (κ3) is 7.52. The molecule has 1 aromatic rings. The number of hydrogen-bond donors (Lipinski definition) is 1. The molecule has 0 radical (unpaired) electrons. The molecule has 2 heterocycles. The van der Waals surface area contributed by atoms with Crippen molar-refractivity contribution < 1.29 is 28.8 Å². The zero-order valence-corrected chi connectivity index (χ0v) is 20.8. The highest BCUT2D eigenvalue weighted by Gasteiger charge is 2.39. The monoisotopic (exact) mass is 481 g/mol. The third-order valence-electron chi connectivity index (χ3n) is 6.50. The molecule has 1 aliphatic heterocycles. The Morgan fingerprint density at radius 3 is 2.61 bits per heavy atom. The van der Waals surface area contributed by atoms with Gasteiger partial charge in [-0.15, -0.1) is 0 Å². The SMILES string of the molecule is CCO[C@H]1OC(C(=O)N(C)C2CCCCC2)=C[C@@H](c2ccsc2)[C@@H]1CCOCCOCCO. The van der Waals surface area contributed by atoms with Crippen LogP contribution in [0, 0.1) is 5.92 Å². The number of aliphatic hydroxyl groups is 1. The molecule has 1 aliphatic carbocycles. The lowest BCUT2D eigenvalue weighted by Gasteiger charge is -2.38. The van der Waals surface area contributed by atoms with E-state index >= 15 is 0 Å². The molecule has 3 atom stereocenters. The van der Waals surface area contributed by atoms with Crippen LogP contribution >= 0.6 is 11.3 Å². The predicted octanol–water partition coefficient (Wildman–Crippen LogP) is 3.93. The van der Waals surface area contributed by atoms with Gasteiger partial charge in [-0.1, -0.05) is 19.3 Å². The molecule has 1 fully saturated rings. The van der Waals surface area contributed by atoms with E-state index in [2.05, 4.69) is 16.8 Å². The zero-order valence-electron chi connectivity index (χ0n) is 19.9. The number of thiophene rings is 1. The van der Waals surface area contributed by atoms with Gasteiger partial charge < -0.3 is 29.0 Å². The molecule has 1 N–H and O–H groups in total. The summed E-state index contributed by atoms with van der Waals surface area (Å²) in [4.78, 5) is 15.2. The molecule has 0 spiro atoms. The number of likely N-dealkylation sites (N-methyl/N-ethyl adjacent to an activating group) is 1. The van der Waals surface area contributed by atoms with Crippen molar-refractivity contribution in [1.82, 2.24) is 4.90 Å². The number of hydrogen-bond acceptors (Lipinski definition) is 7. The van der Waals surface area contributed by atoms with Crippen LogP contribution in [0.5, 0.6) is 0 Å². The molecular weight excluding hydrogens is 442 g/mol. The lowest BCUT2D eigenvalue weighted by molar-refractivity contribution is -0.172. The first kappa shape index (κ1) is 26.2. The molecule has 1 amide bonds. The van der Waals surface area contributed by atoms with Crippen molar-refractivity contribution in [3.63, 3.8) is 0 Å². The van der Waals surface area contributed by atoms with Gasteiger partial charge in [0.15, 0.2) is 5.76 Å².